The number of halogens is 5. The molecule has 6 nitrogen and oxygen atoms in total. The minimum absolute atomic E-state index is 0.0480. The lowest BCUT2D eigenvalue weighted by Crippen LogP contribution is -2.40. The molecule has 0 unspecified atom stereocenters. The maximum Gasteiger partial charge on any atom is 0.417 e. The summed E-state index contributed by atoms with van der Waals surface area (Å²) in [6.45, 7) is 7.57. The van der Waals surface area contributed by atoms with E-state index in [4.69, 9.17) is 0 Å². The van der Waals surface area contributed by atoms with Crippen molar-refractivity contribution in [1.29, 1.82) is 0 Å². The molecule has 0 N–H and O–H groups in total. The molecule has 0 fully saturated rings. The molecule has 2 aromatic heterocycles. The lowest BCUT2D eigenvalue weighted by molar-refractivity contribution is -0.137. The Morgan fingerprint density at radius 1 is 0.918 bits per heavy atom. The maximum atomic E-state index is 14.5. The van der Waals surface area contributed by atoms with Gasteiger partial charge in [-0.3, -0.25) is 9.59 Å². The van der Waals surface area contributed by atoms with Crippen LogP contribution in [0.2, 0.25) is 0 Å². The maximum absolute atomic E-state index is 14.5. The lowest BCUT2D eigenvalue weighted by atomic mass is 9.97. The van der Waals surface area contributed by atoms with Crippen LogP contribution in [0.1, 0.15) is 41.2 Å². The van der Waals surface area contributed by atoms with E-state index in [-0.39, 0.29) is 54.9 Å². The van der Waals surface area contributed by atoms with Gasteiger partial charge in [-0.05, 0) is 67.2 Å². The third-order valence-corrected chi connectivity index (χ3v) is 9.57. The number of pyridine rings is 1. The third kappa shape index (κ3) is 8.42. The van der Waals surface area contributed by atoms with E-state index in [1.807, 2.05) is 13.8 Å². The highest BCUT2D eigenvalue weighted by Crippen LogP contribution is 2.38. The summed E-state index contributed by atoms with van der Waals surface area (Å²) in [7, 11) is 0. The van der Waals surface area contributed by atoms with E-state index in [1.54, 1.807) is 47.9 Å². The first kappa shape index (κ1) is 35.9. The molecule has 49 heavy (non-hydrogen) atoms. The highest BCUT2D eigenvalue weighted by Gasteiger charge is 2.34. The predicted molar refractivity (Wildman–Crippen MR) is 182 cm³/mol. The SMILES string of the molecule is CCN(CC)CCN(Cc1ccc(-c2ccccc2)c(C(F)(F)F)c1)C(=O)Cn1c(CCc2cccc(F)c2F)cc(=O)c2sc(C)nc21. The fourth-order valence-electron chi connectivity index (χ4n) is 5.92. The molecular weight excluding hydrogens is 659 g/mol. The first-order valence-electron chi connectivity index (χ1n) is 16.1. The zero-order valence-electron chi connectivity index (χ0n) is 27.5. The monoisotopic (exact) mass is 696 g/mol. The van der Waals surface area contributed by atoms with Crippen LogP contribution in [0.15, 0.2) is 77.6 Å². The number of amides is 1. The molecule has 5 rings (SSSR count). The average Bonchev–Trinajstić information content (AvgIpc) is 3.48. The van der Waals surface area contributed by atoms with E-state index in [2.05, 4.69) is 9.88 Å². The molecule has 0 aliphatic rings. The highest BCUT2D eigenvalue weighted by atomic mass is 32.1. The standard InChI is InChI=1S/C37H37F5N4O2S/c1-4-44(5-2)18-19-45(22-25-14-17-29(26-10-7-6-8-11-26)30(20-25)37(40,41)42)33(48)23-46-28(16-15-27-12-9-13-31(38)34(27)39)21-32(47)35-36(46)43-24(3)49-35/h6-14,17,20-21H,4-5,15-16,18-19,22-23H2,1-3H3. The Morgan fingerprint density at radius 3 is 2.35 bits per heavy atom. The van der Waals surface area contributed by atoms with Crippen LogP contribution in [0.5, 0.6) is 0 Å². The first-order valence-corrected chi connectivity index (χ1v) is 16.9. The highest BCUT2D eigenvalue weighted by molar-refractivity contribution is 7.18. The van der Waals surface area contributed by atoms with E-state index in [0.717, 1.165) is 25.2 Å². The number of thiazole rings is 1. The van der Waals surface area contributed by atoms with Gasteiger partial charge >= 0.3 is 6.18 Å². The van der Waals surface area contributed by atoms with Gasteiger partial charge in [-0.2, -0.15) is 13.2 Å². The van der Waals surface area contributed by atoms with Gasteiger partial charge in [0, 0.05) is 31.4 Å². The number of rotatable bonds is 13. The summed E-state index contributed by atoms with van der Waals surface area (Å²) >= 11 is 1.19. The minimum Gasteiger partial charge on any atom is -0.336 e. The number of fused-ring (bicyclic) bond motifs is 1. The van der Waals surface area contributed by atoms with Crippen molar-refractivity contribution in [2.75, 3.05) is 26.2 Å². The van der Waals surface area contributed by atoms with Crippen LogP contribution >= 0.6 is 11.3 Å². The molecule has 5 aromatic rings. The molecule has 0 spiro atoms. The molecule has 0 aliphatic carbocycles. The fourth-order valence-corrected chi connectivity index (χ4v) is 6.76. The van der Waals surface area contributed by atoms with Crippen molar-refractivity contribution in [1.82, 2.24) is 19.4 Å². The summed E-state index contributed by atoms with van der Waals surface area (Å²) in [6, 6.07) is 17.8. The molecule has 258 valence electrons. The Balaban J connectivity index is 1.50. The van der Waals surface area contributed by atoms with Gasteiger partial charge in [0.25, 0.3) is 0 Å². The summed E-state index contributed by atoms with van der Waals surface area (Å²) in [6.07, 6.45) is -4.45. The molecule has 12 heteroatoms. The number of aromatic nitrogens is 2. The van der Waals surface area contributed by atoms with Crippen molar-refractivity contribution >= 4 is 27.6 Å². The number of carbonyl (C=O) groups is 1. The largest absolute Gasteiger partial charge is 0.417 e. The first-order chi connectivity index (χ1) is 23.4. The number of nitrogens with zero attached hydrogens (tertiary/aromatic N) is 4. The van der Waals surface area contributed by atoms with Crippen LogP contribution < -0.4 is 5.43 Å². The Hall–Kier alpha value is -4.42. The molecule has 0 saturated heterocycles. The van der Waals surface area contributed by atoms with Crippen LogP contribution in [0.25, 0.3) is 21.5 Å². The molecule has 0 aliphatic heterocycles. The molecule has 0 radical (unpaired) electrons. The Labute approximate surface area is 285 Å². The molecule has 0 atom stereocenters. The Kier molecular flexibility index (Phi) is 11.3. The van der Waals surface area contributed by atoms with Crippen LogP contribution in [0, 0.1) is 18.6 Å². The summed E-state index contributed by atoms with van der Waals surface area (Å²) in [5, 5.41) is 0.609. The van der Waals surface area contributed by atoms with Crippen molar-refractivity contribution < 1.29 is 26.7 Å². The van der Waals surface area contributed by atoms with Crippen molar-refractivity contribution in [2.24, 2.45) is 0 Å². The van der Waals surface area contributed by atoms with Gasteiger partial charge < -0.3 is 14.4 Å². The zero-order valence-corrected chi connectivity index (χ0v) is 28.3. The van der Waals surface area contributed by atoms with Gasteiger partial charge in [0.1, 0.15) is 11.2 Å². The average molecular weight is 697 g/mol. The number of aryl methyl sites for hydroxylation is 3. The van der Waals surface area contributed by atoms with Gasteiger partial charge in [-0.15, -0.1) is 11.3 Å². The van der Waals surface area contributed by atoms with E-state index in [0.29, 0.717) is 38.7 Å². The summed E-state index contributed by atoms with van der Waals surface area (Å²) < 4.78 is 73.4. The number of benzene rings is 3. The molecule has 1 amide bonds. The number of likely N-dealkylation sites (N-methyl/N-ethyl adjacent to an activating group) is 1. The lowest BCUT2D eigenvalue weighted by Gasteiger charge is -2.28. The second kappa shape index (κ2) is 15.4. The number of alkyl halides is 3. The van der Waals surface area contributed by atoms with Gasteiger partial charge in [-0.1, -0.05) is 68.4 Å². The molecule has 0 saturated carbocycles. The summed E-state index contributed by atoms with van der Waals surface area (Å²) in [4.78, 5) is 35.4. The molecule has 2 heterocycles. The van der Waals surface area contributed by atoms with Crippen molar-refractivity contribution in [2.45, 2.75) is 52.9 Å². The van der Waals surface area contributed by atoms with Crippen LogP contribution in [-0.2, 0) is 36.9 Å². The van der Waals surface area contributed by atoms with Gasteiger partial charge in [0.2, 0.25) is 11.3 Å². The molecular formula is C37H37F5N4O2S. The van der Waals surface area contributed by atoms with Crippen LogP contribution in [0.3, 0.4) is 0 Å². The van der Waals surface area contributed by atoms with Crippen LogP contribution in [-0.4, -0.2) is 51.4 Å². The summed E-state index contributed by atoms with van der Waals surface area (Å²) in [5.74, 6) is -2.34. The Bertz CT molecular complexity index is 1990. The molecule has 0 bridgehead atoms. The van der Waals surface area contributed by atoms with Gasteiger partial charge in [0.05, 0.1) is 10.6 Å². The van der Waals surface area contributed by atoms with E-state index in [1.165, 1.54) is 40.5 Å². The minimum atomic E-state index is -4.63. The topological polar surface area (TPSA) is 58.4 Å². The van der Waals surface area contributed by atoms with Crippen molar-refractivity contribution in [3.05, 3.63) is 122 Å². The quantitative estimate of drug-likeness (QED) is 0.118. The second-order valence-corrected chi connectivity index (χ2v) is 13.0. The molecule has 3 aromatic carbocycles. The van der Waals surface area contributed by atoms with E-state index < -0.39 is 23.4 Å². The van der Waals surface area contributed by atoms with E-state index in [9.17, 15) is 31.5 Å². The second-order valence-electron chi connectivity index (χ2n) is 11.8. The number of hydrogen-bond acceptors (Lipinski definition) is 5. The van der Waals surface area contributed by atoms with E-state index >= 15 is 0 Å². The normalized spacial score (nSPS) is 11.9. The fraction of sp³-hybridized carbons (Fsp3) is 0.324. The third-order valence-electron chi connectivity index (χ3n) is 8.60. The summed E-state index contributed by atoms with van der Waals surface area (Å²) in [5.41, 5.74) is 0.545. The van der Waals surface area contributed by atoms with Crippen molar-refractivity contribution in [3.63, 3.8) is 0 Å². The Morgan fingerprint density at radius 2 is 1.65 bits per heavy atom. The predicted octanol–water partition coefficient (Wildman–Crippen LogP) is 7.89. The van der Waals surface area contributed by atoms with Crippen molar-refractivity contribution in [3.8, 4) is 11.1 Å². The zero-order chi connectivity index (χ0) is 35.3. The smallest absolute Gasteiger partial charge is 0.336 e. The number of hydrogen-bond donors (Lipinski definition) is 0. The van der Waals surface area contributed by atoms with Gasteiger partial charge in [0.15, 0.2) is 17.3 Å². The number of carbonyl (C=O) groups excluding carboxylic acids is 1. The van der Waals surface area contributed by atoms with Crippen LogP contribution in [0.4, 0.5) is 22.0 Å². The van der Waals surface area contributed by atoms with Gasteiger partial charge in [-0.25, -0.2) is 13.8 Å².